The van der Waals surface area contributed by atoms with Gasteiger partial charge in [0.1, 0.15) is 0 Å². The lowest BCUT2D eigenvalue weighted by atomic mass is 9.81. The number of piperazine rings is 1. The summed E-state index contributed by atoms with van der Waals surface area (Å²) in [5.41, 5.74) is 1.31. The Kier molecular flexibility index (Phi) is 6.60. The summed E-state index contributed by atoms with van der Waals surface area (Å²) in [6.45, 7) is 9.76. The second kappa shape index (κ2) is 9.35. The highest BCUT2D eigenvalue weighted by Gasteiger charge is 2.42. The Labute approximate surface area is 175 Å². The van der Waals surface area contributed by atoms with Crippen LogP contribution in [0.5, 0.6) is 0 Å². The number of piperidine rings is 1. The SMILES string of the molecule is CCCNC(=O)N1CCC2(CC1)C[C@@H](N1CCN(c3ccccc3)CC1)CCO2. The van der Waals surface area contributed by atoms with Crippen LogP contribution in [0.3, 0.4) is 0 Å². The van der Waals surface area contributed by atoms with Gasteiger partial charge in [-0.25, -0.2) is 4.79 Å². The van der Waals surface area contributed by atoms with E-state index in [2.05, 4.69) is 52.4 Å². The predicted octanol–water partition coefficient (Wildman–Crippen LogP) is 2.94. The van der Waals surface area contributed by atoms with Crippen LogP contribution in [-0.2, 0) is 4.74 Å². The molecular formula is C23H36N4O2. The number of hydrogen-bond donors (Lipinski definition) is 1. The van der Waals surface area contributed by atoms with Gasteiger partial charge in [-0.2, -0.15) is 0 Å². The molecule has 0 bridgehead atoms. The highest BCUT2D eigenvalue weighted by atomic mass is 16.5. The lowest BCUT2D eigenvalue weighted by Crippen LogP contribution is -2.58. The van der Waals surface area contributed by atoms with Crippen molar-refractivity contribution in [2.24, 2.45) is 0 Å². The third-order valence-electron chi connectivity index (χ3n) is 6.91. The van der Waals surface area contributed by atoms with Crippen molar-refractivity contribution in [3.63, 3.8) is 0 Å². The molecule has 160 valence electrons. The number of hydrogen-bond acceptors (Lipinski definition) is 4. The van der Waals surface area contributed by atoms with E-state index < -0.39 is 0 Å². The standard InChI is InChI=1S/C23H36N4O2/c1-2-11-24-22(28)27-12-9-23(10-13-27)19-21(8-18-29-23)26-16-14-25(15-17-26)20-6-4-3-5-7-20/h3-7,21H,2,8-19H2,1H3,(H,24,28)/t21-/m0/s1. The minimum atomic E-state index is -0.0268. The average Bonchev–Trinajstić information content (AvgIpc) is 2.79. The number of rotatable bonds is 4. The number of para-hydroxylation sites is 1. The van der Waals surface area contributed by atoms with Crippen molar-refractivity contribution in [1.29, 1.82) is 0 Å². The lowest BCUT2D eigenvalue weighted by molar-refractivity contribution is -0.129. The molecule has 3 aliphatic heterocycles. The van der Waals surface area contributed by atoms with E-state index in [9.17, 15) is 4.79 Å². The van der Waals surface area contributed by atoms with Crippen molar-refractivity contribution in [3.8, 4) is 0 Å². The summed E-state index contributed by atoms with van der Waals surface area (Å²) < 4.78 is 6.33. The maximum Gasteiger partial charge on any atom is 0.317 e. The quantitative estimate of drug-likeness (QED) is 0.844. The van der Waals surface area contributed by atoms with Gasteiger partial charge in [0.25, 0.3) is 0 Å². The fraction of sp³-hybridized carbons (Fsp3) is 0.696. The van der Waals surface area contributed by atoms with E-state index >= 15 is 0 Å². The molecule has 4 rings (SSSR count). The minimum absolute atomic E-state index is 0.0268. The number of amides is 2. The first-order valence-corrected chi connectivity index (χ1v) is 11.4. The molecule has 1 aromatic rings. The van der Waals surface area contributed by atoms with E-state index in [4.69, 9.17) is 4.74 Å². The Morgan fingerprint density at radius 3 is 2.52 bits per heavy atom. The van der Waals surface area contributed by atoms with Crippen LogP contribution >= 0.6 is 0 Å². The maximum atomic E-state index is 12.2. The Morgan fingerprint density at radius 1 is 1.10 bits per heavy atom. The third-order valence-corrected chi connectivity index (χ3v) is 6.91. The first-order valence-electron chi connectivity index (χ1n) is 11.4. The molecule has 0 aromatic heterocycles. The van der Waals surface area contributed by atoms with E-state index in [1.165, 1.54) is 5.69 Å². The fourth-order valence-corrected chi connectivity index (χ4v) is 5.11. The molecule has 3 heterocycles. The molecule has 6 nitrogen and oxygen atoms in total. The van der Waals surface area contributed by atoms with Crippen molar-refractivity contribution in [2.75, 3.05) is 57.3 Å². The van der Waals surface area contributed by atoms with Crippen LogP contribution in [0, 0.1) is 0 Å². The Morgan fingerprint density at radius 2 is 1.83 bits per heavy atom. The van der Waals surface area contributed by atoms with E-state index in [1.54, 1.807) is 0 Å². The van der Waals surface area contributed by atoms with Crippen molar-refractivity contribution < 1.29 is 9.53 Å². The molecule has 0 radical (unpaired) electrons. The van der Waals surface area contributed by atoms with Crippen LogP contribution in [0.1, 0.15) is 39.0 Å². The number of anilines is 1. The summed E-state index contributed by atoms with van der Waals surface area (Å²) in [6, 6.07) is 11.5. The second-order valence-corrected chi connectivity index (χ2v) is 8.76. The molecule has 3 aliphatic rings. The zero-order valence-corrected chi connectivity index (χ0v) is 17.8. The number of nitrogens with one attached hydrogen (secondary N) is 1. The van der Waals surface area contributed by atoms with Gasteiger partial charge in [0.15, 0.2) is 0 Å². The smallest absolute Gasteiger partial charge is 0.317 e. The maximum absolute atomic E-state index is 12.2. The van der Waals surface area contributed by atoms with Crippen molar-refractivity contribution in [1.82, 2.24) is 15.1 Å². The highest BCUT2D eigenvalue weighted by Crippen LogP contribution is 2.37. The molecule has 1 atom stereocenters. The first kappa shape index (κ1) is 20.5. The third kappa shape index (κ3) is 4.86. The topological polar surface area (TPSA) is 48.1 Å². The molecule has 0 unspecified atom stereocenters. The molecule has 3 fully saturated rings. The molecule has 0 aliphatic carbocycles. The molecule has 1 spiro atoms. The summed E-state index contributed by atoms with van der Waals surface area (Å²) in [6.07, 6.45) is 5.16. The monoisotopic (exact) mass is 400 g/mol. The van der Waals surface area contributed by atoms with Crippen LogP contribution in [0.2, 0.25) is 0 Å². The number of ether oxygens (including phenoxy) is 1. The summed E-state index contributed by atoms with van der Waals surface area (Å²) in [7, 11) is 0. The van der Waals surface area contributed by atoms with E-state index in [1.807, 2.05) is 4.90 Å². The second-order valence-electron chi connectivity index (χ2n) is 8.76. The number of nitrogens with zero attached hydrogens (tertiary/aromatic N) is 3. The van der Waals surface area contributed by atoms with E-state index in [0.717, 1.165) is 84.5 Å². The number of likely N-dealkylation sites (tertiary alicyclic amines) is 1. The fourth-order valence-electron chi connectivity index (χ4n) is 5.11. The van der Waals surface area contributed by atoms with Crippen LogP contribution in [0.15, 0.2) is 30.3 Å². The van der Waals surface area contributed by atoms with Gasteiger partial charge in [0.05, 0.1) is 5.60 Å². The van der Waals surface area contributed by atoms with Gasteiger partial charge in [-0.3, -0.25) is 4.90 Å². The highest BCUT2D eigenvalue weighted by molar-refractivity contribution is 5.74. The number of urea groups is 1. The van der Waals surface area contributed by atoms with Crippen LogP contribution in [0.4, 0.5) is 10.5 Å². The molecule has 29 heavy (non-hydrogen) atoms. The van der Waals surface area contributed by atoms with Gasteiger partial charge >= 0.3 is 6.03 Å². The number of benzene rings is 1. The van der Waals surface area contributed by atoms with Gasteiger partial charge in [-0.1, -0.05) is 25.1 Å². The van der Waals surface area contributed by atoms with Crippen LogP contribution in [-0.4, -0.2) is 79.9 Å². The van der Waals surface area contributed by atoms with Crippen molar-refractivity contribution in [2.45, 2.75) is 50.7 Å². The first-order chi connectivity index (χ1) is 14.2. The van der Waals surface area contributed by atoms with Gasteiger partial charge in [0, 0.05) is 64.1 Å². The molecule has 6 heteroatoms. The van der Waals surface area contributed by atoms with Crippen LogP contribution in [0.25, 0.3) is 0 Å². The van der Waals surface area contributed by atoms with Crippen molar-refractivity contribution in [3.05, 3.63) is 30.3 Å². The summed E-state index contributed by atoms with van der Waals surface area (Å²) in [5, 5.41) is 3.00. The predicted molar refractivity (Wildman–Crippen MR) is 116 cm³/mol. The van der Waals surface area contributed by atoms with E-state index in [-0.39, 0.29) is 11.6 Å². The Hall–Kier alpha value is -1.79. The average molecular weight is 401 g/mol. The summed E-state index contributed by atoms with van der Waals surface area (Å²) in [4.78, 5) is 19.4. The lowest BCUT2D eigenvalue weighted by Gasteiger charge is -2.49. The summed E-state index contributed by atoms with van der Waals surface area (Å²) >= 11 is 0. The normalized spacial score (nSPS) is 25.2. The molecule has 1 aromatic carbocycles. The minimum Gasteiger partial charge on any atom is -0.375 e. The van der Waals surface area contributed by atoms with Crippen LogP contribution < -0.4 is 10.2 Å². The molecule has 3 saturated heterocycles. The van der Waals surface area contributed by atoms with E-state index in [0.29, 0.717) is 6.04 Å². The van der Waals surface area contributed by atoms with Gasteiger partial charge in [-0.05, 0) is 44.2 Å². The summed E-state index contributed by atoms with van der Waals surface area (Å²) in [5.74, 6) is 0. The van der Waals surface area contributed by atoms with Gasteiger partial charge in [0.2, 0.25) is 0 Å². The van der Waals surface area contributed by atoms with Gasteiger partial charge in [-0.15, -0.1) is 0 Å². The van der Waals surface area contributed by atoms with Gasteiger partial charge < -0.3 is 19.9 Å². The number of carbonyl (C=O) groups excluding carboxylic acids is 1. The zero-order chi connectivity index (χ0) is 20.1. The molecule has 1 N–H and O–H groups in total. The Bertz CT molecular complexity index is 652. The Balaban J connectivity index is 1.28. The van der Waals surface area contributed by atoms with Crippen molar-refractivity contribution >= 4 is 11.7 Å². The molecule has 2 amide bonds. The largest absolute Gasteiger partial charge is 0.375 e. The molecular weight excluding hydrogens is 364 g/mol. The number of carbonyl (C=O) groups is 1. The molecule has 0 saturated carbocycles. The zero-order valence-electron chi connectivity index (χ0n) is 17.8.